The summed E-state index contributed by atoms with van der Waals surface area (Å²) >= 11 is 0. The SMILES string of the molecule is Fc1cc(-c2ccc3c(c2)CCc2[nH]c(C4CCCN4)nc2-3)ccc1-c1cnc(C2CCCN2)[nH]1. The molecule has 1 aliphatic carbocycles. The van der Waals surface area contributed by atoms with Crippen molar-refractivity contribution in [2.45, 2.75) is 50.6 Å². The van der Waals surface area contributed by atoms with E-state index >= 15 is 4.39 Å². The van der Waals surface area contributed by atoms with Crippen LogP contribution in [0.25, 0.3) is 33.6 Å². The minimum absolute atomic E-state index is 0.238. The van der Waals surface area contributed by atoms with Crippen molar-refractivity contribution in [1.29, 1.82) is 0 Å². The normalized spacial score (nSPS) is 21.3. The summed E-state index contributed by atoms with van der Waals surface area (Å²) in [5.74, 6) is 1.71. The van der Waals surface area contributed by atoms with E-state index in [9.17, 15) is 0 Å². The van der Waals surface area contributed by atoms with Crippen molar-refractivity contribution in [3.63, 3.8) is 0 Å². The van der Waals surface area contributed by atoms with E-state index < -0.39 is 0 Å². The molecule has 7 heteroatoms. The van der Waals surface area contributed by atoms with Crippen LogP contribution in [0.15, 0.2) is 42.6 Å². The van der Waals surface area contributed by atoms with E-state index in [1.165, 1.54) is 23.2 Å². The summed E-state index contributed by atoms with van der Waals surface area (Å²) in [4.78, 5) is 16.4. The minimum atomic E-state index is -0.238. The molecule has 2 aliphatic heterocycles. The first-order valence-corrected chi connectivity index (χ1v) is 12.8. The number of halogens is 1. The van der Waals surface area contributed by atoms with E-state index in [-0.39, 0.29) is 11.9 Å². The van der Waals surface area contributed by atoms with Gasteiger partial charge in [-0.25, -0.2) is 14.4 Å². The lowest BCUT2D eigenvalue weighted by Gasteiger charge is -2.16. The molecule has 2 atom stereocenters. The summed E-state index contributed by atoms with van der Waals surface area (Å²) in [5, 5.41) is 6.97. The predicted octanol–water partition coefficient (Wildman–Crippen LogP) is 5.22. The van der Waals surface area contributed by atoms with Crippen LogP contribution in [-0.2, 0) is 12.8 Å². The van der Waals surface area contributed by atoms with Gasteiger partial charge in [0.05, 0.1) is 29.7 Å². The Labute approximate surface area is 203 Å². The van der Waals surface area contributed by atoms with Gasteiger partial charge in [0.1, 0.15) is 17.5 Å². The molecule has 0 spiro atoms. The second-order valence-electron chi connectivity index (χ2n) is 10.00. The number of benzene rings is 2. The largest absolute Gasteiger partial charge is 0.344 e. The number of hydrogen-bond acceptors (Lipinski definition) is 4. The fourth-order valence-corrected chi connectivity index (χ4v) is 5.87. The molecule has 4 N–H and O–H groups in total. The summed E-state index contributed by atoms with van der Waals surface area (Å²) in [6.45, 7) is 2.06. The van der Waals surface area contributed by atoms with Gasteiger partial charge >= 0.3 is 0 Å². The Balaban J connectivity index is 1.16. The van der Waals surface area contributed by atoms with E-state index in [4.69, 9.17) is 4.98 Å². The highest BCUT2D eigenvalue weighted by Crippen LogP contribution is 2.37. The number of fused-ring (bicyclic) bond motifs is 3. The number of aromatic nitrogens is 4. The third-order valence-electron chi connectivity index (χ3n) is 7.77. The number of H-pyrrole nitrogens is 2. The van der Waals surface area contributed by atoms with Gasteiger partial charge in [0.2, 0.25) is 0 Å². The Morgan fingerprint density at radius 2 is 1.54 bits per heavy atom. The van der Waals surface area contributed by atoms with E-state index in [2.05, 4.69) is 43.8 Å². The molecule has 2 aromatic heterocycles. The summed E-state index contributed by atoms with van der Waals surface area (Å²) in [7, 11) is 0. The van der Waals surface area contributed by atoms with Crippen molar-refractivity contribution in [3.8, 4) is 33.6 Å². The lowest BCUT2D eigenvalue weighted by atomic mass is 9.89. The number of hydrogen-bond donors (Lipinski definition) is 4. The molecule has 2 fully saturated rings. The van der Waals surface area contributed by atoms with Crippen LogP contribution in [0.5, 0.6) is 0 Å². The summed E-state index contributed by atoms with van der Waals surface area (Å²) in [6, 6.07) is 12.5. The van der Waals surface area contributed by atoms with Crippen molar-refractivity contribution >= 4 is 0 Å². The van der Waals surface area contributed by atoms with Crippen LogP contribution < -0.4 is 10.6 Å². The van der Waals surface area contributed by atoms with Crippen LogP contribution in [0.2, 0.25) is 0 Å². The van der Waals surface area contributed by atoms with Gasteiger partial charge in [0.25, 0.3) is 0 Å². The Bertz CT molecular complexity index is 1390. The van der Waals surface area contributed by atoms with Gasteiger partial charge in [0.15, 0.2) is 0 Å². The van der Waals surface area contributed by atoms with Gasteiger partial charge in [-0.1, -0.05) is 24.3 Å². The number of aromatic amines is 2. The van der Waals surface area contributed by atoms with E-state index in [1.54, 1.807) is 12.3 Å². The first-order valence-electron chi connectivity index (χ1n) is 12.8. The smallest absolute Gasteiger partial charge is 0.133 e. The average Bonchev–Trinajstić information content (AvgIpc) is 3.69. The molecule has 6 nitrogen and oxygen atoms in total. The van der Waals surface area contributed by atoms with Gasteiger partial charge in [0, 0.05) is 16.8 Å². The molecule has 7 rings (SSSR count). The Kier molecular flexibility index (Phi) is 5.06. The molecule has 35 heavy (non-hydrogen) atoms. The molecule has 2 unspecified atom stereocenters. The first kappa shape index (κ1) is 21.0. The van der Waals surface area contributed by atoms with E-state index in [0.717, 1.165) is 79.4 Å². The topological polar surface area (TPSA) is 81.4 Å². The van der Waals surface area contributed by atoms with E-state index in [0.29, 0.717) is 11.6 Å². The third kappa shape index (κ3) is 3.70. The van der Waals surface area contributed by atoms with Crippen LogP contribution in [0.4, 0.5) is 4.39 Å². The number of imidazole rings is 2. The summed E-state index contributed by atoms with van der Waals surface area (Å²) < 4.78 is 15.2. The Hall–Kier alpha value is -3.29. The van der Waals surface area contributed by atoms with Crippen molar-refractivity contribution in [1.82, 2.24) is 30.6 Å². The van der Waals surface area contributed by atoms with Crippen LogP contribution in [0.1, 0.15) is 60.7 Å². The molecule has 2 aromatic carbocycles. The highest BCUT2D eigenvalue weighted by Gasteiger charge is 2.26. The summed E-state index contributed by atoms with van der Waals surface area (Å²) in [6.07, 6.45) is 8.19. The van der Waals surface area contributed by atoms with Crippen LogP contribution in [-0.4, -0.2) is 33.0 Å². The zero-order valence-electron chi connectivity index (χ0n) is 19.6. The fraction of sp³-hybridized carbons (Fsp3) is 0.357. The average molecular weight is 469 g/mol. The fourth-order valence-electron chi connectivity index (χ4n) is 5.87. The zero-order valence-corrected chi connectivity index (χ0v) is 19.6. The maximum Gasteiger partial charge on any atom is 0.133 e. The van der Waals surface area contributed by atoms with Crippen molar-refractivity contribution in [3.05, 3.63) is 71.3 Å². The molecule has 0 radical (unpaired) electrons. The van der Waals surface area contributed by atoms with Gasteiger partial charge in [-0.3, -0.25) is 0 Å². The molecule has 4 heterocycles. The Morgan fingerprint density at radius 3 is 2.29 bits per heavy atom. The molecule has 178 valence electrons. The molecule has 3 aliphatic rings. The maximum absolute atomic E-state index is 15.2. The van der Waals surface area contributed by atoms with Gasteiger partial charge in [-0.2, -0.15) is 0 Å². The molecule has 2 saturated heterocycles. The summed E-state index contributed by atoms with van der Waals surface area (Å²) in [5.41, 5.74) is 7.98. The van der Waals surface area contributed by atoms with Gasteiger partial charge in [-0.05, 0) is 80.4 Å². The number of aryl methyl sites for hydroxylation is 2. The van der Waals surface area contributed by atoms with E-state index in [1.807, 2.05) is 12.1 Å². The highest BCUT2D eigenvalue weighted by molar-refractivity contribution is 5.76. The minimum Gasteiger partial charge on any atom is -0.344 e. The first-order chi connectivity index (χ1) is 17.2. The molecular weight excluding hydrogens is 439 g/mol. The van der Waals surface area contributed by atoms with Crippen LogP contribution in [0.3, 0.4) is 0 Å². The highest BCUT2D eigenvalue weighted by atomic mass is 19.1. The maximum atomic E-state index is 15.2. The van der Waals surface area contributed by atoms with Crippen LogP contribution >= 0.6 is 0 Å². The van der Waals surface area contributed by atoms with Gasteiger partial charge in [-0.15, -0.1) is 0 Å². The molecule has 0 saturated carbocycles. The predicted molar refractivity (Wildman–Crippen MR) is 134 cm³/mol. The second kappa shape index (κ2) is 8.43. The number of nitrogens with one attached hydrogen (secondary N) is 4. The second-order valence-corrected chi connectivity index (χ2v) is 10.00. The molecule has 0 amide bonds. The van der Waals surface area contributed by atoms with Crippen LogP contribution in [0, 0.1) is 5.82 Å². The number of nitrogens with zero attached hydrogens (tertiary/aromatic N) is 2. The van der Waals surface area contributed by atoms with Crippen molar-refractivity contribution in [2.75, 3.05) is 13.1 Å². The van der Waals surface area contributed by atoms with Gasteiger partial charge < -0.3 is 20.6 Å². The van der Waals surface area contributed by atoms with Crippen molar-refractivity contribution < 1.29 is 4.39 Å². The third-order valence-corrected chi connectivity index (χ3v) is 7.77. The standard InChI is InChI=1S/C28H29FN6/c29-21-14-17(6-9-20(21)25-15-32-27(34-25)23-3-1-11-30-23)16-5-8-19-18(13-16)7-10-22-26(19)35-28(33-22)24-4-2-12-31-24/h5-6,8-9,13-15,23-24,30-31H,1-4,7,10-12H2,(H,32,34)(H,33,35). The Morgan fingerprint density at radius 1 is 0.800 bits per heavy atom. The molecular formula is C28H29FN6. The monoisotopic (exact) mass is 468 g/mol. The zero-order chi connectivity index (χ0) is 23.4. The quantitative estimate of drug-likeness (QED) is 0.331. The lowest BCUT2D eigenvalue weighted by molar-refractivity contribution is 0.611. The van der Waals surface area contributed by atoms with Crippen molar-refractivity contribution in [2.24, 2.45) is 0 Å². The molecule has 4 aromatic rings. The number of rotatable bonds is 4. The lowest BCUT2D eigenvalue weighted by Crippen LogP contribution is -2.14. The molecule has 0 bridgehead atoms.